The summed E-state index contributed by atoms with van der Waals surface area (Å²) in [5.41, 5.74) is 4.89. The van der Waals surface area contributed by atoms with Crippen LogP contribution >= 0.6 is 0 Å². The molecule has 3 aromatic rings. The highest BCUT2D eigenvalue weighted by atomic mass is 16.5. The van der Waals surface area contributed by atoms with Gasteiger partial charge in [-0.15, -0.1) is 0 Å². The zero-order valence-corrected chi connectivity index (χ0v) is 17.7. The van der Waals surface area contributed by atoms with Gasteiger partial charge in [0.2, 0.25) is 0 Å². The van der Waals surface area contributed by atoms with Gasteiger partial charge in [0.25, 0.3) is 5.91 Å². The molecule has 1 aromatic heterocycles. The van der Waals surface area contributed by atoms with Crippen molar-refractivity contribution in [2.24, 2.45) is 0 Å². The molecule has 1 saturated heterocycles. The number of nitrogens with zero attached hydrogens (tertiary/aromatic N) is 3. The molecule has 1 aliphatic heterocycles. The van der Waals surface area contributed by atoms with Gasteiger partial charge in [-0.3, -0.25) is 4.79 Å². The maximum absolute atomic E-state index is 13.0. The molecule has 6 heteroatoms. The number of hydrogen-bond acceptors (Lipinski definition) is 5. The summed E-state index contributed by atoms with van der Waals surface area (Å²) in [5.74, 6) is 1.46. The van der Waals surface area contributed by atoms with Crippen LogP contribution in [-0.4, -0.2) is 42.1 Å². The lowest BCUT2D eigenvalue weighted by Gasteiger charge is -2.36. The number of aryl methyl sites for hydroxylation is 3. The Kier molecular flexibility index (Phi) is 5.74. The molecule has 2 aromatic carbocycles. The molecule has 0 bridgehead atoms. The Labute approximate surface area is 177 Å². The van der Waals surface area contributed by atoms with E-state index >= 15 is 0 Å². The molecule has 0 unspecified atom stereocenters. The topological polar surface area (TPSA) is 58.8 Å². The molecule has 2 heterocycles. The molecule has 0 radical (unpaired) electrons. The van der Waals surface area contributed by atoms with Crippen molar-refractivity contribution >= 4 is 11.6 Å². The van der Waals surface area contributed by atoms with Gasteiger partial charge < -0.3 is 19.1 Å². The van der Waals surface area contributed by atoms with Gasteiger partial charge in [0.1, 0.15) is 18.1 Å². The summed E-state index contributed by atoms with van der Waals surface area (Å²) in [6.45, 7) is 9.31. The van der Waals surface area contributed by atoms with Gasteiger partial charge in [-0.1, -0.05) is 23.4 Å². The Bertz CT molecular complexity index is 1020. The minimum absolute atomic E-state index is 0.0432. The summed E-state index contributed by atoms with van der Waals surface area (Å²) < 4.78 is 11.1. The SMILES string of the molecule is Cc1cccc(N2CCN(C(=O)c3cccc(OCc4c(C)noc4C)c3)CC2)c1. The average molecular weight is 405 g/mol. The third-order valence-corrected chi connectivity index (χ3v) is 5.58. The van der Waals surface area contributed by atoms with E-state index in [0.29, 0.717) is 31.0 Å². The van der Waals surface area contributed by atoms with Crippen molar-refractivity contribution in [1.29, 1.82) is 0 Å². The number of benzene rings is 2. The first-order valence-corrected chi connectivity index (χ1v) is 10.3. The number of hydrogen-bond donors (Lipinski definition) is 0. The standard InChI is InChI=1S/C24H27N3O3/c1-17-6-4-8-21(14-17)26-10-12-27(13-11-26)24(28)20-7-5-9-22(15-20)29-16-23-18(2)25-30-19(23)3/h4-9,14-15H,10-13,16H2,1-3H3. The van der Waals surface area contributed by atoms with Crippen molar-refractivity contribution in [3.8, 4) is 5.75 Å². The molecule has 0 spiro atoms. The molecule has 156 valence electrons. The van der Waals surface area contributed by atoms with Crippen molar-refractivity contribution in [3.05, 3.63) is 76.7 Å². The van der Waals surface area contributed by atoms with Gasteiger partial charge in [-0.05, 0) is 56.7 Å². The number of rotatable bonds is 5. The van der Waals surface area contributed by atoms with Crippen LogP contribution in [0.15, 0.2) is 53.1 Å². The van der Waals surface area contributed by atoms with Crippen LogP contribution in [0.5, 0.6) is 5.75 Å². The first-order valence-electron chi connectivity index (χ1n) is 10.3. The van der Waals surface area contributed by atoms with Gasteiger partial charge in [0.05, 0.1) is 11.3 Å². The molecule has 1 fully saturated rings. The molecule has 0 N–H and O–H groups in total. The van der Waals surface area contributed by atoms with E-state index in [-0.39, 0.29) is 5.91 Å². The monoisotopic (exact) mass is 405 g/mol. The quantitative estimate of drug-likeness (QED) is 0.638. The smallest absolute Gasteiger partial charge is 0.254 e. The van der Waals surface area contributed by atoms with Crippen LogP contribution < -0.4 is 9.64 Å². The predicted octanol–water partition coefficient (Wildman–Crippen LogP) is 4.14. The summed E-state index contributed by atoms with van der Waals surface area (Å²) >= 11 is 0. The number of ether oxygens (including phenoxy) is 1. The fourth-order valence-corrected chi connectivity index (χ4v) is 3.76. The van der Waals surface area contributed by atoms with Gasteiger partial charge >= 0.3 is 0 Å². The molecular weight excluding hydrogens is 378 g/mol. The second kappa shape index (κ2) is 8.61. The largest absolute Gasteiger partial charge is 0.489 e. The second-order valence-corrected chi connectivity index (χ2v) is 7.74. The molecule has 0 saturated carbocycles. The molecule has 1 aliphatic rings. The van der Waals surface area contributed by atoms with Crippen LogP contribution in [-0.2, 0) is 6.61 Å². The van der Waals surface area contributed by atoms with Crippen molar-refractivity contribution in [1.82, 2.24) is 10.1 Å². The number of carbonyl (C=O) groups excluding carboxylic acids is 1. The molecule has 4 rings (SSSR count). The van der Waals surface area contributed by atoms with E-state index in [1.54, 1.807) is 0 Å². The van der Waals surface area contributed by atoms with Gasteiger partial charge in [-0.2, -0.15) is 0 Å². The van der Waals surface area contributed by atoms with E-state index in [2.05, 4.69) is 41.2 Å². The minimum atomic E-state index is 0.0432. The molecule has 0 aliphatic carbocycles. The number of piperazine rings is 1. The number of carbonyl (C=O) groups is 1. The van der Waals surface area contributed by atoms with Crippen LogP contribution in [0.4, 0.5) is 5.69 Å². The Hall–Kier alpha value is -3.28. The zero-order chi connectivity index (χ0) is 21.1. The van der Waals surface area contributed by atoms with Gasteiger partial charge in [0, 0.05) is 37.4 Å². The van der Waals surface area contributed by atoms with Crippen molar-refractivity contribution in [2.75, 3.05) is 31.1 Å². The summed E-state index contributed by atoms with van der Waals surface area (Å²) in [4.78, 5) is 17.3. The molecule has 0 atom stereocenters. The lowest BCUT2D eigenvalue weighted by molar-refractivity contribution is 0.0746. The lowest BCUT2D eigenvalue weighted by Crippen LogP contribution is -2.48. The summed E-state index contributed by atoms with van der Waals surface area (Å²) in [6.07, 6.45) is 0. The van der Waals surface area contributed by atoms with Crippen molar-refractivity contribution < 1.29 is 14.1 Å². The van der Waals surface area contributed by atoms with Gasteiger partial charge in [0.15, 0.2) is 0 Å². The Morgan fingerprint density at radius 3 is 2.50 bits per heavy atom. The molecule has 30 heavy (non-hydrogen) atoms. The van der Waals surface area contributed by atoms with E-state index in [0.717, 1.165) is 30.1 Å². The molecule has 1 amide bonds. The highest BCUT2D eigenvalue weighted by Crippen LogP contribution is 2.21. The van der Waals surface area contributed by atoms with Crippen molar-refractivity contribution in [3.63, 3.8) is 0 Å². The average Bonchev–Trinajstić information content (AvgIpc) is 3.09. The zero-order valence-electron chi connectivity index (χ0n) is 17.7. The van der Waals surface area contributed by atoms with Crippen LogP contribution in [0.25, 0.3) is 0 Å². The third kappa shape index (κ3) is 4.32. The first kappa shape index (κ1) is 20.0. The third-order valence-electron chi connectivity index (χ3n) is 5.58. The normalized spacial score (nSPS) is 14.1. The Morgan fingerprint density at radius 1 is 1.03 bits per heavy atom. The number of amides is 1. The lowest BCUT2D eigenvalue weighted by atomic mass is 10.1. The van der Waals surface area contributed by atoms with E-state index in [9.17, 15) is 4.79 Å². The second-order valence-electron chi connectivity index (χ2n) is 7.74. The van der Waals surface area contributed by atoms with E-state index < -0.39 is 0 Å². The maximum atomic E-state index is 13.0. The summed E-state index contributed by atoms with van der Waals surface area (Å²) in [7, 11) is 0. The Balaban J connectivity index is 1.37. The van der Waals surface area contributed by atoms with Crippen molar-refractivity contribution in [2.45, 2.75) is 27.4 Å². The highest BCUT2D eigenvalue weighted by molar-refractivity contribution is 5.94. The van der Waals surface area contributed by atoms with Crippen LogP contribution in [0.3, 0.4) is 0 Å². The first-order chi connectivity index (χ1) is 14.5. The minimum Gasteiger partial charge on any atom is -0.489 e. The highest BCUT2D eigenvalue weighted by Gasteiger charge is 2.22. The van der Waals surface area contributed by atoms with E-state index in [1.165, 1.54) is 11.3 Å². The molecule has 6 nitrogen and oxygen atoms in total. The predicted molar refractivity (Wildman–Crippen MR) is 116 cm³/mol. The number of aromatic nitrogens is 1. The molecular formula is C24H27N3O3. The van der Waals surface area contributed by atoms with Crippen LogP contribution in [0.1, 0.15) is 32.9 Å². The number of anilines is 1. The summed E-state index contributed by atoms with van der Waals surface area (Å²) in [6, 6.07) is 15.9. The van der Waals surface area contributed by atoms with Gasteiger partial charge in [-0.25, -0.2) is 0 Å². The van der Waals surface area contributed by atoms with Crippen LogP contribution in [0.2, 0.25) is 0 Å². The fourth-order valence-electron chi connectivity index (χ4n) is 3.76. The Morgan fingerprint density at radius 2 is 1.80 bits per heavy atom. The fraction of sp³-hybridized carbons (Fsp3) is 0.333. The van der Waals surface area contributed by atoms with E-state index in [1.807, 2.05) is 43.0 Å². The summed E-state index contributed by atoms with van der Waals surface area (Å²) in [5, 5.41) is 3.95. The van der Waals surface area contributed by atoms with E-state index in [4.69, 9.17) is 9.26 Å². The van der Waals surface area contributed by atoms with Crippen LogP contribution in [0, 0.1) is 20.8 Å². The maximum Gasteiger partial charge on any atom is 0.254 e.